The molecule has 1 unspecified atom stereocenters. The van der Waals surface area contributed by atoms with Crippen LogP contribution in [0.4, 0.5) is 5.69 Å². The van der Waals surface area contributed by atoms with Crippen molar-refractivity contribution in [3.05, 3.63) is 104 Å². The Balaban J connectivity index is 1.39. The number of aryl methyl sites for hydroxylation is 1. The molecule has 0 bridgehead atoms. The summed E-state index contributed by atoms with van der Waals surface area (Å²) in [5.41, 5.74) is 4.19. The molecule has 9 nitrogen and oxygen atoms in total. The van der Waals surface area contributed by atoms with E-state index in [1.54, 1.807) is 25.3 Å². The number of allylic oxidation sites excluding steroid dienone is 1. The Morgan fingerprint density at radius 3 is 2.48 bits per heavy atom. The van der Waals surface area contributed by atoms with Gasteiger partial charge in [-0.2, -0.15) is 5.10 Å². The van der Waals surface area contributed by atoms with Gasteiger partial charge in [-0.05, 0) is 43.9 Å². The van der Waals surface area contributed by atoms with Crippen LogP contribution in [-0.2, 0) is 13.6 Å². The summed E-state index contributed by atoms with van der Waals surface area (Å²) in [5, 5.41) is 21.2. The average Bonchev–Trinajstić information content (AvgIpc) is 3.39. The van der Waals surface area contributed by atoms with Gasteiger partial charge in [0.1, 0.15) is 5.56 Å². The van der Waals surface area contributed by atoms with Gasteiger partial charge >= 0.3 is 0 Å². The summed E-state index contributed by atoms with van der Waals surface area (Å²) in [5.74, 6) is 0.154. The van der Waals surface area contributed by atoms with E-state index in [-0.39, 0.29) is 16.6 Å². The Labute approximate surface area is 265 Å². The lowest BCUT2D eigenvalue weighted by molar-refractivity contribution is 0.102. The van der Waals surface area contributed by atoms with Crippen LogP contribution < -0.4 is 20.9 Å². The van der Waals surface area contributed by atoms with E-state index in [0.29, 0.717) is 57.9 Å². The first kappa shape index (κ1) is 31.4. The molecule has 3 atom stereocenters. The maximum Gasteiger partial charge on any atom is 0.279 e. The summed E-state index contributed by atoms with van der Waals surface area (Å²) in [6.45, 7) is 6.53. The highest BCUT2D eigenvalue weighted by Crippen LogP contribution is 2.41. The molecule has 0 aliphatic heterocycles. The second kappa shape index (κ2) is 13.3. The third-order valence-electron chi connectivity index (χ3n) is 7.97. The van der Waals surface area contributed by atoms with Crippen LogP contribution in [0.15, 0.2) is 77.7 Å². The van der Waals surface area contributed by atoms with E-state index in [0.717, 1.165) is 22.2 Å². The number of aromatic nitrogens is 3. The topological polar surface area (TPSA) is 118 Å². The van der Waals surface area contributed by atoms with Gasteiger partial charge in [-0.15, -0.1) is 0 Å². The van der Waals surface area contributed by atoms with Crippen molar-refractivity contribution in [2.75, 3.05) is 12.4 Å². The average molecular weight is 635 g/mol. The summed E-state index contributed by atoms with van der Waals surface area (Å²) in [6, 6.07) is 15.9. The Hall–Kier alpha value is -4.02. The molecule has 0 radical (unpaired) electrons. The van der Waals surface area contributed by atoms with Gasteiger partial charge < -0.3 is 20.5 Å². The molecule has 1 fully saturated rings. The number of hydrogen-bond donors (Lipinski definition) is 3. The molecule has 5 rings (SSSR count). The fourth-order valence-electron chi connectivity index (χ4n) is 5.45. The van der Waals surface area contributed by atoms with Crippen molar-refractivity contribution in [2.45, 2.75) is 38.5 Å². The first-order chi connectivity index (χ1) is 21.1. The van der Waals surface area contributed by atoms with Gasteiger partial charge in [0.05, 0.1) is 34.6 Å². The molecule has 3 N–H and O–H groups in total. The normalized spacial score (nSPS) is 17.8. The monoisotopic (exact) mass is 633 g/mol. The molecule has 44 heavy (non-hydrogen) atoms. The number of pyridine rings is 1. The Morgan fingerprint density at radius 1 is 1.07 bits per heavy atom. The van der Waals surface area contributed by atoms with Crippen LogP contribution >= 0.6 is 23.2 Å². The molecule has 1 aliphatic carbocycles. The molecule has 228 valence electrons. The lowest BCUT2D eigenvalue weighted by Gasteiger charge is -2.18. The number of nitrogens with one attached hydrogen (secondary N) is 2. The van der Waals surface area contributed by atoms with Gasteiger partial charge in [0, 0.05) is 48.1 Å². The molecule has 2 aromatic heterocycles. The van der Waals surface area contributed by atoms with Crippen LogP contribution in [-0.4, -0.2) is 45.0 Å². The number of carbonyl (C=O) groups excluding carboxylic acids is 1. The number of carbonyl (C=O) groups is 1. The minimum absolute atomic E-state index is 0.0347. The lowest BCUT2D eigenvalue weighted by atomic mass is 10.00. The molecule has 1 amide bonds. The van der Waals surface area contributed by atoms with Crippen LogP contribution in [0.2, 0.25) is 10.0 Å². The van der Waals surface area contributed by atoms with Gasteiger partial charge in [-0.25, -0.2) is 9.67 Å². The third-order valence-corrected chi connectivity index (χ3v) is 8.79. The van der Waals surface area contributed by atoms with E-state index in [4.69, 9.17) is 32.9 Å². The van der Waals surface area contributed by atoms with Gasteiger partial charge in [0.2, 0.25) is 5.88 Å². The number of benzene rings is 2. The quantitative estimate of drug-likeness (QED) is 0.197. The maximum atomic E-state index is 12.9. The van der Waals surface area contributed by atoms with Crippen molar-refractivity contribution < 1.29 is 14.6 Å². The van der Waals surface area contributed by atoms with Gasteiger partial charge in [0.15, 0.2) is 0 Å². The van der Waals surface area contributed by atoms with Gasteiger partial charge in [-0.1, -0.05) is 71.8 Å². The number of aliphatic hydroxyl groups is 1. The standard InChI is InChI=1S/C33H33Cl2N5O4/c1-18(2)20-15-27(28(41)16-20)36-17-19-11-12-25(39-32(19)44-4)23-9-5-7-21(29(23)34)22-8-6-10-26(30(22)35)38-31(42)24-13-14-37-40(3)33(24)43/h5-14,20,27-28,36,41H,1,15-17H2,2-4H3,(H,38,42)/t20?,27-,28-/m1/s1. The summed E-state index contributed by atoms with van der Waals surface area (Å²) >= 11 is 13.7. The Kier molecular flexibility index (Phi) is 9.51. The molecule has 11 heteroatoms. The van der Waals surface area contributed by atoms with Crippen molar-refractivity contribution in [1.82, 2.24) is 20.1 Å². The molecule has 0 spiro atoms. The summed E-state index contributed by atoms with van der Waals surface area (Å²) in [4.78, 5) is 30.0. The van der Waals surface area contributed by atoms with Crippen molar-refractivity contribution in [3.8, 4) is 28.3 Å². The zero-order valence-electron chi connectivity index (χ0n) is 24.6. The Bertz CT molecular complexity index is 1790. The van der Waals surface area contributed by atoms with Crippen LogP contribution in [0, 0.1) is 5.92 Å². The van der Waals surface area contributed by atoms with Crippen molar-refractivity contribution in [3.63, 3.8) is 0 Å². The lowest BCUT2D eigenvalue weighted by Crippen LogP contribution is -2.35. The molecular formula is C33H33Cl2N5O4. The van der Waals surface area contributed by atoms with Crippen LogP contribution in [0.5, 0.6) is 5.88 Å². The zero-order valence-corrected chi connectivity index (χ0v) is 26.1. The molecular weight excluding hydrogens is 601 g/mol. The Morgan fingerprint density at radius 2 is 1.77 bits per heavy atom. The number of halogens is 2. The predicted octanol–water partition coefficient (Wildman–Crippen LogP) is 5.88. The van der Waals surface area contributed by atoms with Gasteiger partial charge in [0.25, 0.3) is 11.5 Å². The molecule has 1 saturated carbocycles. The van der Waals surface area contributed by atoms with Gasteiger partial charge in [-0.3, -0.25) is 9.59 Å². The second-order valence-corrected chi connectivity index (χ2v) is 11.7. The number of aliphatic hydroxyl groups excluding tert-OH is 1. The van der Waals surface area contributed by atoms with Crippen molar-refractivity contribution >= 4 is 34.8 Å². The first-order valence-corrected chi connectivity index (χ1v) is 14.9. The smallest absolute Gasteiger partial charge is 0.279 e. The number of hydrogen-bond acceptors (Lipinski definition) is 7. The van der Waals surface area contributed by atoms with Crippen LogP contribution in [0.25, 0.3) is 22.4 Å². The second-order valence-electron chi connectivity index (χ2n) is 10.9. The van der Waals surface area contributed by atoms with E-state index in [2.05, 4.69) is 22.3 Å². The summed E-state index contributed by atoms with van der Waals surface area (Å²) in [6.07, 6.45) is 2.49. The highest BCUT2D eigenvalue weighted by Gasteiger charge is 2.33. The first-order valence-electron chi connectivity index (χ1n) is 14.1. The number of anilines is 1. The summed E-state index contributed by atoms with van der Waals surface area (Å²) in [7, 11) is 3.04. The number of ether oxygens (including phenoxy) is 1. The molecule has 2 aromatic carbocycles. The minimum Gasteiger partial charge on any atom is -0.481 e. The highest BCUT2D eigenvalue weighted by molar-refractivity contribution is 6.39. The van der Waals surface area contributed by atoms with E-state index in [9.17, 15) is 14.7 Å². The van der Waals surface area contributed by atoms with E-state index in [1.165, 1.54) is 19.3 Å². The number of nitrogens with zero attached hydrogens (tertiary/aromatic N) is 3. The predicted molar refractivity (Wildman–Crippen MR) is 173 cm³/mol. The number of rotatable bonds is 9. The zero-order chi connectivity index (χ0) is 31.5. The largest absolute Gasteiger partial charge is 0.481 e. The van der Waals surface area contributed by atoms with Crippen LogP contribution in [0.3, 0.4) is 0 Å². The number of amides is 1. The molecule has 4 aromatic rings. The SMILES string of the molecule is C=C(C)C1C[C@@H](O)[C@H](NCc2ccc(-c3cccc(-c4cccc(NC(=O)c5ccnn(C)c5=O)c4Cl)c3Cl)nc2OC)C1. The molecule has 2 heterocycles. The molecule has 0 saturated heterocycles. The summed E-state index contributed by atoms with van der Waals surface area (Å²) < 4.78 is 6.71. The maximum absolute atomic E-state index is 12.9. The van der Waals surface area contributed by atoms with Crippen molar-refractivity contribution in [2.24, 2.45) is 13.0 Å². The van der Waals surface area contributed by atoms with Crippen molar-refractivity contribution in [1.29, 1.82) is 0 Å². The fraction of sp³-hybridized carbons (Fsp3) is 0.273. The van der Waals surface area contributed by atoms with Crippen LogP contribution in [0.1, 0.15) is 35.7 Å². The minimum atomic E-state index is -0.601. The van der Waals surface area contributed by atoms with E-state index in [1.807, 2.05) is 37.3 Å². The third kappa shape index (κ3) is 6.42. The fourth-order valence-corrected chi connectivity index (χ4v) is 6.05. The highest BCUT2D eigenvalue weighted by atomic mass is 35.5. The van der Waals surface area contributed by atoms with E-state index < -0.39 is 17.6 Å². The molecule has 1 aliphatic rings. The van der Waals surface area contributed by atoms with E-state index >= 15 is 0 Å². The number of methoxy groups -OCH3 is 1.